The second-order valence-electron chi connectivity index (χ2n) is 4.36. The zero-order valence-corrected chi connectivity index (χ0v) is 12.9. The number of thiazole rings is 1. The number of thioether (sulfide) groups is 1. The zero-order valence-electron chi connectivity index (χ0n) is 11.2. The van der Waals surface area contributed by atoms with Crippen molar-refractivity contribution in [1.29, 1.82) is 0 Å². The van der Waals surface area contributed by atoms with Crippen molar-refractivity contribution >= 4 is 23.1 Å². The van der Waals surface area contributed by atoms with Crippen LogP contribution in [0.25, 0.3) is 21.8 Å². The largest absolute Gasteiger partial charge is 0.236 e. The molecule has 1 nitrogen and oxygen atoms in total. The Morgan fingerprint density at radius 2 is 1.70 bits per heavy atom. The van der Waals surface area contributed by atoms with E-state index in [2.05, 4.69) is 48.7 Å². The van der Waals surface area contributed by atoms with Gasteiger partial charge in [-0.3, -0.25) is 0 Å². The summed E-state index contributed by atoms with van der Waals surface area (Å²) in [5, 5.41) is 3.20. The van der Waals surface area contributed by atoms with Gasteiger partial charge in [0.05, 0.1) is 5.69 Å². The Bertz CT molecular complexity index is 672. The van der Waals surface area contributed by atoms with Gasteiger partial charge in [-0.15, -0.1) is 23.1 Å². The van der Waals surface area contributed by atoms with Crippen LogP contribution in [0.4, 0.5) is 0 Å². The standard InChI is InChI=1S/C17H15NS2/c1-2-19-15-10-8-14(9-11-15)17-18-16(12-20-17)13-6-4-3-5-7-13/h3-12H,2H2,1H3. The molecule has 3 heteroatoms. The topological polar surface area (TPSA) is 12.9 Å². The molecule has 0 aliphatic carbocycles. The van der Waals surface area contributed by atoms with Crippen LogP contribution in [0.3, 0.4) is 0 Å². The summed E-state index contributed by atoms with van der Waals surface area (Å²) in [6, 6.07) is 19.0. The molecule has 0 bridgehead atoms. The van der Waals surface area contributed by atoms with Gasteiger partial charge in [-0.1, -0.05) is 49.4 Å². The average Bonchev–Trinajstić information content (AvgIpc) is 2.99. The Labute approximate surface area is 127 Å². The fourth-order valence-corrected chi connectivity index (χ4v) is 3.51. The number of hydrogen-bond acceptors (Lipinski definition) is 3. The van der Waals surface area contributed by atoms with Crippen LogP contribution >= 0.6 is 23.1 Å². The number of nitrogens with zero attached hydrogens (tertiary/aromatic N) is 1. The summed E-state index contributed by atoms with van der Waals surface area (Å²) in [6.07, 6.45) is 0. The van der Waals surface area contributed by atoms with Gasteiger partial charge in [0.1, 0.15) is 5.01 Å². The van der Waals surface area contributed by atoms with Gasteiger partial charge in [-0.25, -0.2) is 4.98 Å². The van der Waals surface area contributed by atoms with Crippen molar-refractivity contribution in [3.63, 3.8) is 0 Å². The van der Waals surface area contributed by atoms with E-state index in [0.717, 1.165) is 16.5 Å². The maximum absolute atomic E-state index is 4.74. The first-order chi connectivity index (χ1) is 9.86. The Kier molecular flexibility index (Phi) is 4.19. The molecular formula is C17H15NS2. The van der Waals surface area contributed by atoms with Crippen LogP contribution in [-0.4, -0.2) is 10.7 Å². The van der Waals surface area contributed by atoms with E-state index in [1.165, 1.54) is 16.0 Å². The molecule has 0 spiro atoms. The van der Waals surface area contributed by atoms with Crippen molar-refractivity contribution in [2.75, 3.05) is 5.75 Å². The summed E-state index contributed by atoms with van der Waals surface area (Å²) in [5.74, 6) is 1.11. The smallest absolute Gasteiger partial charge is 0.124 e. The van der Waals surface area contributed by atoms with E-state index in [0.29, 0.717) is 0 Å². The zero-order chi connectivity index (χ0) is 13.8. The molecule has 0 saturated heterocycles. The minimum Gasteiger partial charge on any atom is -0.236 e. The van der Waals surface area contributed by atoms with Crippen molar-refractivity contribution in [2.45, 2.75) is 11.8 Å². The van der Waals surface area contributed by atoms with Crippen LogP contribution in [0.2, 0.25) is 0 Å². The molecular weight excluding hydrogens is 282 g/mol. The minimum atomic E-state index is 1.05. The first-order valence-corrected chi connectivity index (χ1v) is 8.47. The molecule has 0 saturated carbocycles. The van der Waals surface area contributed by atoms with Crippen molar-refractivity contribution in [3.8, 4) is 21.8 Å². The maximum Gasteiger partial charge on any atom is 0.124 e. The lowest BCUT2D eigenvalue weighted by Gasteiger charge is -2.00. The summed E-state index contributed by atoms with van der Waals surface area (Å²) in [4.78, 5) is 6.05. The molecule has 0 atom stereocenters. The van der Waals surface area contributed by atoms with E-state index in [-0.39, 0.29) is 0 Å². The third-order valence-electron chi connectivity index (χ3n) is 2.99. The van der Waals surface area contributed by atoms with Gasteiger partial charge in [0.2, 0.25) is 0 Å². The Morgan fingerprint density at radius 1 is 0.950 bits per heavy atom. The lowest BCUT2D eigenvalue weighted by molar-refractivity contribution is 1.38. The van der Waals surface area contributed by atoms with Crippen LogP contribution in [0.1, 0.15) is 6.92 Å². The molecule has 1 aromatic heterocycles. The Hall–Kier alpha value is -1.58. The highest BCUT2D eigenvalue weighted by Crippen LogP contribution is 2.30. The van der Waals surface area contributed by atoms with Crippen LogP contribution in [0.15, 0.2) is 64.9 Å². The molecule has 0 radical (unpaired) electrons. The van der Waals surface area contributed by atoms with Gasteiger partial charge < -0.3 is 0 Å². The summed E-state index contributed by atoms with van der Waals surface area (Å²) in [7, 11) is 0. The van der Waals surface area contributed by atoms with E-state index in [9.17, 15) is 0 Å². The van der Waals surface area contributed by atoms with Crippen molar-refractivity contribution in [2.24, 2.45) is 0 Å². The molecule has 0 aliphatic heterocycles. The number of benzene rings is 2. The summed E-state index contributed by atoms with van der Waals surface area (Å²) in [5.41, 5.74) is 3.42. The van der Waals surface area contributed by atoms with Crippen LogP contribution in [0, 0.1) is 0 Å². The second kappa shape index (κ2) is 6.25. The van der Waals surface area contributed by atoms with E-state index in [1.807, 2.05) is 30.0 Å². The van der Waals surface area contributed by atoms with Gasteiger partial charge in [0.25, 0.3) is 0 Å². The van der Waals surface area contributed by atoms with Gasteiger partial charge in [0, 0.05) is 21.4 Å². The third-order valence-corrected chi connectivity index (χ3v) is 4.77. The number of aromatic nitrogens is 1. The third kappa shape index (κ3) is 2.94. The lowest BCUT2D eigenvalue weighted by Crippen LogP contribution is -1.80. The highest BCUT2D eigenvalue weighted by Gasteiger charge is 2.06. The van der Waals surface area contributed by atoms with Crippen molar-refractivity contribution in [1.82, 2.24) is 4.98 Å². The molecule has 0 unspecified atom stereocenters. The van der Waals surface area contributed by atoms with Crippen LogP contribution in [-0.2, 0) is 0 Å². The summed E-state index contributed by atoms with van der Waals surface area (Å²) < 4.78 is 0. The first kappa shape index (κ1) is 13.4. The van der Waals surface area contributed by atoms with Gasteiger partial charge in [-0.05, 0) is 17.9 Å². The van der Waals surface area contributed by atoms with Gasteiger partial charge in [-0.2, -0.15) is 0 Å². The average molecular weight is 297 g/mol. The summed E-state index contributed by atoms with van der Waals surface area (Å²) >= 11 is 3.56. The van der Waals surface area contributed by atoms with E-state index in [4.69, 9.17) is 4.98 Å². The van der Waals surface area contributed by atoms with Crippen molar-refractivity contribution < 1.29 is 0 Å². The quantitative estimate of drug-likeness (QED) is 0.582. The predicted molar refractivity (Wildman–Crippen MR) is 89.4 cm³/mol. The maximum atomic E-state index is 4.74. The molecule has 1 heterocycles. The molecule has 0 fully saturated rings. The highest BCUT2D eigenvalue weighted by molar-refractivity contribution is 7.99. The SMILES string of the molecule is CCSc1ccc(-c2nc(-c3ccccc3)cs2)cc1. The molecule has 20 heavy (non-hydrogen) atoms. The Morgan fingerprint density at radius 3 is 2.40 bits per heavy atom. The fraction of sp³-hybridized carbons (Fsp3) is 0.118. The second-order valence-corrected chi connectivity index (χ2v) is 6.56. The number of hydrogen-bond donors (Lipinski definition) is 0. The van der Waals surface area contributed by atoms with Gasteiger partial charge >= 0.3 is 0 Å². The molecule has 2 aromatic carbocycles. The monoisotopic (exact) mass is 297 g/mol. The molecule has 0 aliphatic rings. The van der Waals surface area contributed by atoms with Gasteiger partial charge in [0.15, 0.2) is 0 Å². The Balaban J connectivity index is 1.86. The highest BCUT2D eigenvalue weighted by atomic mass is 32.2. The molecule has 3 rings (SSSR count). The predicted octanol–water partition coefficient (Wildman–Crippen LogP) is 5.59. The van der Waals surface area contributed by atoms with Crippen molar-refractivity contribution in [3.05, 3.63) is 60.0 Å². The molecule has 100 valence electrons. The molecule has 3 aromatic rings. The number of rotatable bonds is 4. The fourth-order valence-electron chi connectivity index (χ4n) is 2.01. The summed E-state index contributed by atoms with van der Waals surface area (Å²) in [6.45, 7) is 2.17. The molecule has 0 amide bonds. The van der Waals surface area contributed by atoms with E-state index >= 15 is 0 Å². The van der Waals surface area contributed by atoms with E-state index in [1.54, 1.807) is 11.3 Å². The first-order valence-electron chi connectivity index (χ1n) is 6.61. The van der Waals surface area contributed by atoms with E-state index < -0.39 is 0 Å². The van der Waals surface area contributed by atoms with Crippen LogP contribution < -0.4 is 0 Å². The lowest BCUT2D eigenvalue weighted by atomic mass is 10.2. The van der Waals surface area contributed by atoms with Crippen LogP contribution in [0.5, 0.6) is 0 Å². The molecule has 0 N–H and O–H groups in total. The minimum absolute atomic E-state index is 1.05. The normalized spacial score (nSPS) is 10.7.